The number of hydrogen-bond acceptors (Lipinski definition) is 4. The summed E-state index contributed by atoms with van der Waals surface area (Å²) in [5.41, 5.74) is 2.43. The molecular formula is C15H22N2O4P+. The maximum Gasteiger partial charge on any atom is 0.479 e. The number of quaternary nitrogens is 1. The van der Waals surface area contributed by atoms with Crippen LogP contribution in [-0.2, 0) is 24.6 Å². The molecule has 120 valence electrons. The molecular weight excluding hydrogens is 303 g/mol. The van der Waals surface area contributed by atoms with Gasteiger partial charge in [-0.25, -0.2) is 9.09 Å². The summed E-state index contributed by atoms with van der Waals surface area (Å²) in [6.45, 7) is 1.82. The fraction of sp³-hybridized carbons (Fsp3) is 0.467. The largest absolute Gasteiger partial charge is 0.479 e. The molecule has 1 aromatic heterocycles. The number of aromatic nitrogens is 1. The maximum absolute atomic E-state index is 12.0. The van der Waals surface area contributed by atoms with Gasteiger partial charge in [-0.05, 0) is 11.6 Å². The van der Waals surface area contributed by atoms with Crippen molar-refractivity contribution in [3.63, 3.8) is 0 Å². The van der Waals surface area contributed by atoms with Crippen molar-refractivity contribution in [2.24, 2.45) is 0 Å². The first-order chi connectivity index (χ1) is 10.5. The lowest BCUT2D eigenvalue weighted by Crippen LogP contribution is -2.42. The topological polar surface area (TPSA) is 60.6 Å². The second kappa shape index (κ2) is 6.14. The Balaban J connectivity index is 1.58. The summed E-state index contributed by atoms with van der Waals surface area (Å²) < 4.78 is 28.0. The van der Waals surface area contributed by atoms with E-state index >= 15 is 0 Å². The van der Waals surface area contributed by atoms with Gasteiger partial charge in [0.25, 0.3) is 0 Å². The second-order valence-corrected chi connectivity index (χ2v) is 7.81. The van der Waals surface area contributed by atoms with Gasteiger partial charge in [-0.15, -0.1) is 0 Å². The number of aromatic amines is 1. The molecule has 1 N–H and O–H groups in total. The van der Waals surface area contributed by atoms with Crippen LogP contribution in [-0.4, -0.2) is 50.1 Å². The van der Waals surface area contributed by atoms with Crippen molar-refractivity contribution in [3.8, 4) is 0 Å². The van der Waals surface area contributed by atoms with Crippen molar-refractivity contribution in [2.45, 2.75) is 6.42 Å². The molecule has 0 saturated carbocycles. The van der Waals surface area contributed by atoms with Crippen LogP contribution in [0.4, 0.5) is 0 Å². The van der Waals surface area contributed by atoms with E-state index < -0.39 is 7.82 Å². The highest BCUT2D eigenvalue weighted by atomic mass is 31.2. The van der Waals surface area contributed by atoms with Crippen molar-refractivity contribution in [3.05, 3.63) is 36.0 Å². The molecule has 0 aliphatic carbocycles. The van der Waals surface area contributed by atoms with Crippen molar-refractivity contribution in [2.75, 3.05) is 40.6 Å². The Morgan fingerprint density at radius 2 is 2.00 bits per heavy atom. The molecule has 22 heavy (non-hydrogen) atoms. The van der Waals surface area contributed by atoms with Gasteiger partial charge in [0.1, 0.15) is 0 Å². The Labute approximate surface area is 130 Å². The summed E-state index contributed by atoms with van der Waals surface area (Å²) in [5.74, 6) is 0. The van der Waals surface area contributed by atoms with E-state index in [9.17, 15) is 4.57 Å². The SMILES string of the molecule is C[N+](C)(CCc1c[nH]c2ccccc12)COP1(=O)OCCO1. The van der Waals surface area contributed by atoms with Gasteiger partial charge in [0.05, 0.1) is 33.9 Å². The lowest BCUT2D eigenvalue weighted by atomic mass is 10.1. The minimum Gasteiger partial charge on any atom is -0.361 e. The number of likely N-dealkylation sites (N-methyl/N-ethyl adjacent to an activating group) is 1. The van der Waals surface area contributed by atoms with E-state index in [1.165, 1.54) is 10.9 Å². The molecule has 0 bridgehead atoms. The highest BCUT2D eigenvalue weighted by Crippen LogP contribution is 2.52. The van der Waals surface area contributed by atoms with Gasteiger partial charge in [-0.3, -0.25) is 9.05 Å². The van der Waals surface area contributed by atoms with Crippen LogP contribution < -0.4 is 0 Å². The summed E-state index contributed by atoms with van der Waals surface area (Å²) in [7, 11) is 0.766. The van der Waals surface area contributed by atoms with E-state index in [1.807, 2.05) is 26.2 Å². The fourth-order valence-corrected chi connectivity index (χ4v) is 3.74. The average Bonchev–Trinajstić information content (AvgIpc) is 3.11. The van der Waals surface area contributed by atoms with Gasteiger partial charge in [0.2, 0.25) is 0 Å². The van der Waals surface area contributed by atoms with Crippen LogP contribution in [0.3, 0.4) is 0 Å². The zero-order chi connectivity index (χ0) is 15.6. The first-order valence-electron chi connectivity index (χ1n) is 7.38. The first-order valence-corrected chi connectivity index (χ1v) is 8.84. The summed E-state index contributed by atoms with van der Waals surface area (Å²) in [4.78, 5) is 3.28. The van der Waals surface area contributed by atoms with Crippen molar-refractivity contribution in [1.82, 2.24) is 4.98 Å². The third-order valence-corrected chi connectivity index (χ3v) is 5.24. The molecule has 0 unspecified atom stereocenters. The molecule has 0 atom stereocenters. The lowest BCUT2D eigenvalue weighted by molar-refractivity contribution is -0.906. The molecule has 1 fully saturated rings. The minimum atomic E-state index is -3.31. The highest BCUT2D eigenvalue weighted by Gasteiger charge is 2.34. The Bertz CT molecular complexity index is 688. The molecule has 0 amide bonds. The summed E-state index contributed by atoms with van der Waals surface area (Å²) >= 11 is 0. The number of para-hydroxylation sites is 1. The number of nitrogens with one attached hydrogen (secondary N) is 1. The Morgan fingerprint density at radius 3 is 2.77 bits per heavy atom. The van der Waals surface area contributed by atoms with Crippen LogP contribution in [0.5, 0.6) is 0 Å². The third kappa shape index (κ3) is 3.59. The molecule has 0 radical (unpaired) electrons. The molecule has 6 nitrogen and oxygen atoms in total. The van der Waals surface area contributed by atoms with E-state index in [2.05, 4.69) is 23.3 Å². The second-order valence-electron chi connectivity index (χ2n) is 6.14. The molecule has 2 aromatic rings. The molecule has 1 aliphatic heterocycles. The maximum atomic E-state index is 12.0. The van der Waals surface area contributed by atoms with Crippen LogP contribution in [0.15, 0.2) is 30.5 Å². The number of rotatable bonds is 6. The summed E-state index contributed by atoms with van der Waals surface area (Å²) in [6.07, 6.45) is 2.96. The smallest absolute Gasteiger partial charge is 0.361 e. The van der Waals surface area contributed by atoms with E-state index in [0.717, 1.165) is 18.5 Å². The average molecular weight is 325 g/mol. The van der Waals surface area contributed by atoms with Crippen LogP contribution >= 0.6 is 7.82 Å². The molecule has 0 spiro atoms. The number of phosphoric acid groups is 1. The van der Waals surface area contributed by atoms with Crippen molar-refractivity contribution >= 4 is 18.7 Å². The van der Waals surface area contributed by atoms with Gasteiger partial charge >= 0.3 is 7.82 Å². The number of H-pyrrole nitrogens is 1. The fourth-order valence-electron chi connectivity index (χ4n) is 2.46. The summed E-state index contributed by atoms with van der Waals surface area (Å²) in [5, 5.41) is 1.25. The van der Waals surface area contributed by atoms with Crippen molar-refractivity contribution < 1.29 is 22.6 Å². The van der Waals surface area contributed by atoms with Crippen molar-refractivity contribution in [1.29, 1.82) is 0 Å². The van der Waals surface area contributed by atoms with Gasteiger partial charge in [0.15, 0.2) is 6.73 Å². The van der Waals surface area contributed by atoms with Gasteiger partial charge < -0.3 is 9.47 Å². The highest BCUT2D eigenvalue weighted by molar-refractivity contribution is 7.48. The molecule has 2 heterocycles. The number of nitrogens with zero attached hydrogens (tertiary/aromatic N) is 1. The molecule has 3 rings (SSSR count). The van der Waals surface area contributed by atoms with Gasteiger partial charge in [0, 0.05) is 23.5 Å². The number of fused-ring (bicyclic) bond motifs is 1. The Morgan fingerprint density at radius 1 is 1.27 bits per heavy atom. The van der Waals surface area contributed by atoms with Crippen LogP contribution in [0.25, 0.3) is 10.9 Å². The first kappa shape index (κ1) is 15.7. The monoisotopic (exact) mass is 325 g/mol. The normalized spacial score (nSPS) is 18.1. The van der Waals surface area contributed by atoms with E-state index in [1.54, 1.807) is 0 Å². The van der Waals surface area contributed by atoms with Crippen LogP contribution in [0, 0.1) is 0 Å². The zero-order valence-corrected chi connectivity index (χ0v) is 13.8. The predicted octanol–water partition coefficient (Wildman–Crippen LogP) is 2.92. The van der Waals surface area contributed by atoms with E-state index in [4.69, 9.17) is 13.6 Å². The minimum absolute atomic E-state index is 0.291. The molecule has 7 heteroatoms. The van der Waals surface area contributed by atoms with Crippen LogP contribution in [0.2, 0.25) is 0 Å². The van der Waals surface area contributed by atoms with E-state index in [-0.39, 0.29) is 0 Å². The standard InChI is InChI=1S/C15H22N2O4P/c1-17(2,12-21-22(18)19-9-10-20-22)8-7-13-11-16-15-6-4-3-5-14(13)15/h3-6,11,16H,7-10,12H2,1-2H3/q+1. The van der Waals surface area contributed by atoms with Crippen LogP contribution in [0.1, 0.15) is 5.56 Å². The lowest BCUT2D eigenvalue weighted by Gasteiger charge is -2.29. The Hall–Kier alpha value is -1.17. The third-order valence-electron chi connectivity index (χ3n) is 3.81. The molecule has 1 aromatic carbocycles. The number of hydrogen-bond donors (Lipinski definition) is 1. The number of phosphoric ester groups is 1. The molecule has 1 aliphatic rings. The quantitative estimate of drug-likeness (QED) is 0.504. The van der Waals surface area contributed by atoms with Gasteiger partial charge in [-0.1, -0.05) is 18.2 Å². The van der Waals surface area contributed by atoms with Gasteiger partial charge in [-0.2, -0.15) is 0 Å². The molecule has 1 saturated heterocycles. The summed E-state index contributed by atoms with van der Waals surface area (Å²) in [6, 6.07) is 8.26. The predicted molar refractivity (Wildman–Crippen MR) is 84.4 cm³/mol. The Kier molecular flexibility index (Phi) is 4.39. The number of benzene rings is 1. The van der Waals surface area contributed by atoms with E-state index in [0.29, 0.717) is 24.4 Å². The zero-order valence-electron chi connectivity index (χ0n) is 12.9.